The average molecular weight is 100 g/mol. The first-order valence-corrected chi connectivity index (χ1v) is 2.60. The van der Waals surface area contributed by atoms with Crippen LogP contribution in [0.4, 0.5) is 0 Å². The van der Waals surface area contributed by atoms with Gasteiger partial charge in [0.2, 0.25) is 0 Å². The Morgan fingerprint density at radius 1 is 1.71 bits per heavy atom. The van der Waals surface area contributed by atoms with Crippen molar-refractivity contribution >= 4 is 6.21 Å². The summed E-state index contributed by atoms with van der Waals surface area (Å²) in [4.78, 5) is 0. The highest BCUT2D eigenvalue weighted by molar-refractivity contribution is 5.56. The Morgan fingerprint density at radius 2 is 2.43 bits per heavy atom. The van der Waals surface area contributed by atoms with E-state index in [-0.39, 0.29) is 0 Å². The van der Waals surface area contributed by atoms with Crippen molar-refractivity contribution in [3.63, 3.8) is 0 Å². The van der Waals surface area contributed by atoms with Crippen LogP contribution in [-0.2, 0) is 0 Å². The molecule has 0 unspecified atom stereocenters. The minimum atomic E-state index is 1.07. The van der Waals surface area contributed by atoms with Crippen molar-refractivity contribution in [1.82, 2.24) is 5.43 Å². The maximum atomic E-state index is 3.79. The molecule has 0 heterocycles. The molecule has 0 aromatic rings. The van der Waals surface area contributed by atoms with Crippen molar-refractivity contribution < 1.29 is 0 Å². The maximum absolute atomic E-state index is 3.79. The SMILES string of the molecule is CCCC=NNC. The quantitative estimate of drug-likeness (QED) is 0.415. The van der Waals surface area contributed by atoms with Crippen LogP contribution in [0.5, 0.6) is 0 Å². The summed E-state index contributed by atoms with van der Waals surface area (Å²) in [6.45, 7) is 2.13. The zero-order valence-corrected chi connectivity index (χ0v) is 4.94. The van der Waals surface area contributed by atoms with Gasteiger partial charge in [0.25, 0.3) is 0 Å². The van der Waals surface area contributed by atoms with Crippen molar-refractivity contribution in [1.29, 1.82) is 0 Å². The summed E-state index contributed by atoms with van der Waals surface area (Å²) >= 11 is 0. The largest absolute Gasteiger partial charge is 0.313 e. The lowest BCUT2D eigenvalue weighted by Gasteiger charge is -1.82. The molecule has 0 atom stereocenters. The van der Waals surface area contributed by atoms with E-state index in [9.17, 15) is 0 Å². The molecule has 0 aromatic carbocycles. The molecule has 0 spiro atoms. The molecule has 0 aliphatic carbocycles. The van der Waals surface area contributed by atoms with Crippen LogP contribution in [0.15, 0.2) is 5.10 Å². The topological polar surface area (TPSA) is 24.4 Å². The number of hydrogen-bond acceptors (Lipinski definition) is 2. The fourth-order valence-corrected chi connectivity index (χ4v) is 0.285. The number of unbranched alkanes of at least 4 members (excludes halogenated alkanes) is 1. The lowest BCUT2D eigenvalue weighted by molar-refractivity contribution is 0.889. The van der Waals surface area contributed by atoms with Crippen LogP contribution < -0.4 is 5.43 Å². The van der Waals surface area contributed by atoms with Crippen molar-refractivity contribution in [2.45, 2.75) is 19.8 Å². The third-order valence-corrected chi connectivity index (χ3v) is 0.638. The van der Waals surface area contributed by atoms with Gasteiger partial charge in [-0.25, -0.2) is 0 Å². The van der Waals surface area contributed by atoms with Gasteiger partial charge in [-0.05, 0) is 6.42 Å². The first-order chi connectivity index (χ1) is 3.41. The summed E-state index contributed by atoms with van der Waals surface area (Å²) in [5, 5.41) is 3.79. The van der Waals surface area contributed by atoms with Gasteiger partial charge in [-0.1, -0.05) is 13.3 Å². The van der Waals surface area contributed by atoms with E-state index in [1.807, 2.05) is 6.21 Å². The third-order valence-electron chi connectivity index (χ3n) is 0.638. The molecule has 7 heavy (non-hydrogen) atoms. The molecule has 0 aliphatic rings. The van der Waals surface area contributed by atoms with E-state index in [4.69, 9.17) is 0 Å². The lowest BCUT2D eigenvalue weighted by Crippen LogP contribution is -1.92. The fourth-order valence-electron chi connectivity index (χ4n) is 0.285. The van der Waals surface area contributed by atoms with Crippen LogP contribution in [0.2, 0.25) is 0 Å². The van der Waals surface area contributed by atoms with Crippen molar-refractivity contribution in [2.24, 2.45) is 5.10 Å². The highest BCUT2D eigenvalue weighted by atomic mass is 15.3. The summed E-state index contributed by atoms with van der Waals surface area (Å²) in [6, 6.07) is 0. The van der Waals surface area contributed by atoms with E-state index in [1.54, 1.807) is 7.05 Å². The van der Waals surface area contributed by atoms with Gasteiger partial charge in [-0.2, -0.15) is 5.10 Å². The van der Waals surface area contributed by atoms with Crippen molar-refractivity contribution in [2.75, 3.05) is 7.05 Å². The molecule has 0 aromatic heterocycles. The summed E-state index contributed by atoms with van der Waals surface area (Å²) < 4.78 is 0. The first-order valence-electron chi connectivity index (χ1n) is 2.60. The second kappa shape index (κ2) is 5.47. The predicted molar refractivity (Wildman–Crippen MR) is 32.5 cm³/mol. The van der Waals surface area contributed by atoms with E-state index in [0.29, 0.717) is 0 Å². The van der Waals surface area contributed by atoms with Crippen LogP contribution in [-0.4, -0.2) is 13.3 Å². The van der Waals surface area contributed by atoms with Gasteiger partial charge in [0.15, 0.2) is 0 Å². The highest BCUT2D eigenvalue weighted by Gasteiger charge is 1.68. The molecular weight excluding hydrogens is 88.1 g/mol. The molecule has 0 saturated heterocycles. The van der Waals surface area contributed by atoms with Crippen molar-refractivity contribution in [3.05, 3.63) is 0 Å². The lowest BCUT2D eigenvalue weighted by atomic mass is 10.4. The Hall–Kier alpha value is -0.530. The van der Waals surface area contributed by atoms with Gasteiger partial charge in [0.1, 0.15) is 0 Å². The zero-order chi connectivity index (χ0) is 5.54. The standard InChI is InChI=1S/C5H12N2/c1-3-4-5-7-6-2/h5-6H,3-4H2,1-2H3. The predicted octanol–water partition coefficient (Wildman–Crippen LogP) is 0.992. The molecule has 0 amide bonds. The number of nitrogens with one attached hydrogen (secondary N) is 1. The molecule has 42 valence electrons. The van der Waals surface area contributed by atoms with Crippen LogP contribution in [0, 0.1) is 0 Å². The molecule has 1 N–H and O–H groups in total. The molecule has 2 nitrogen and oxygen atoms in total. The molecule has 0 bridgehead atoms. The molecule has 0 aliphatic heterocycles. The van der Waals surface area contributed by atoms with Crippen LogP contribution >= 0.6 is 0 Å². The van der Waals surface area contributed by atoms with Gasteiger partial charge in [0, 0.05) is 13.3 Å². The normalized spacial score (nSPS) is 10.0. The van der Waals surface area contributed by atoms with Gasteiger partial charge in [0.05, 0.1) is 0 Å². The fraction of sp³-hybridized carbons (Fsp3) is 0.800. The number of rotatable bonds is 3. The second-order valence-electron chi connectivity index (χ2n) is 1.32. The van der Waals surface area contributed by atoms with Gasteiger partial charge in [-0.15, -0.1) is 0 Å². The van der Waals surface area contributed by atoms with Gasteiger partial charge in [-0.3, -0.25) is 0 Å². The number of hydrazone groups is 1. The summed E-state index contributed by atoms with van der Waals surface area (Å²) in [5.74, 6) is 0. The third kappa shape index (κ3) is 5.47. The molecule has 0 rings (SSSR count). The number of nitrogens with zero attached hydrogens (tertiary/aromatic N) is 1. The van der Waals surface area contributed by atoms with E-state index in [0.717, 1.165) is 6.42 Å². The number of hydrogen-bond donors (Lipinski definition) is 1. The second-order valence-corrected chi connectivity index (χ2v) is 1.32. The minimum absolute atomic E-state index is 1.07. The highest BCUT2D eigenvalue weighted by Crippen LogP contribution is 1.77. The van der Waals surface area contributed by atoms with E-state index in [2.05, 4.69) is 17.5 Å². The Kier molecular flexibility index (Phi) is 5.06. The summed E-state index contributed by atoms with van der Waals surface area (Å²) in [7, 11) is 1.80. The van der Waals surface area contributed by atoms with E-state index >= 15 is 0 Å². The van der Waals surface area contributed by atoms with E-state index in [1.165, 1.54) is 6.42 Å². The summed E-state index contributed by atoms with van der Waals surface area (Å²) in [5.41, 5.74) is 2.67. The molecule has 0 fully saturated rings. The van der Waals surface area contributed by atoms with Gasteiger partial charge >= 0.3 is 0 Å². The Labute approximate surface area is 44.6 Å². The molecule has 0 saturated carbocycles. The van der Waals surface area contributed by atoms with E-state index < -0.39 is 0 Å². The van der Waals surface area contributed by atoms with Crippen LogP contribution in [0.25, 0.3) is 0 Å². The van der Waals surface area contributed by atoms with Gasteiger partial charge < -0.3 is 5.43 Å². The monoisotopic (exact) mass is 100 g/mol. The Morgan fingerprint density at radius 3 is 2.86 bits per heavy atom. The minimum Gasteiger partial charge on any atom is -0.313 e. The smallest absolute Gasteiger partial charge is 0.0242 e. The molecular formula is C5H12N2. The molecule has 0 radical (unpaired) electrons. The Balaban J connectivity index is 2.78. The van der Waals surface area contributed by atoms with Crippen LogP contribution in [0.3, 0.4) is 0 Å². The Bertz CT molecular complexity index is 50.0. The summed E-state index contributed by atoms with van der Waals surface area (Å²) in [6.07, 6.45) is 4.12. The first kappa shape index (κ1) is 6.47. The average Bonchev–Trinajstić information content (AvgIpc) is 1.69. The maximum Gasteiger partial charge on any atom is 0.0242 e. The zero-order valence-electron chi connectivity index (χ0n) is 4.94. The van der Waals surface area contributed by atoms with Crippen molar-refractivity contribution in [3.8, 4) is 0 Å². The molecule has 2 heteroatoms. The van der Waals surface area contributed by atoms with Crippen LogP contribution in [0.1, 0.15) is 19.8 Å².